The standard InChI is InChI=1S/C38H27N/c1-2-35-37(34-10-5-6-13-36(34)39-35)27-20-16-25(17-21-27)24-14-18-26(19-15-24)28-22-23-33-30-9-4-3-8-29(30)32-12-7-11-31(28)38(32)33/h3-23,37H,2H2,1H3. The van der Waals surface area contributed by atoms with Gasteiger partial charge < -0.3 is 0 Å². The van der Waals surface area contributed by atoms with Crippen molar-refractivity contribution in [2.45, 2.75) is 19.3 Å². The first kappa shape index (κ1) is 22.3. The highest BCUT2D eigenvalue weighted by atomic mass is 14.8. The molecule has 1 aliphatic heterocycles. The second-order valence-corrected chi connectivity index (χ2v) is 10.6. The molecule has 0 bridgehead atoms. The van der Waals surface area contributed by atoms with Gasteiger partial charge in [0.15, 0.2) is 0 Å². The summed E-state index contributed by atoms with van der Waals surface area (Å²) in [5.74, 6) is 0.262. The molecule has 0 spiro atoms. The molecule has 8 rings (SSSR count). The van der Waals surface area contributed by atoms with Gasteiger partial charge in [0.25, 0.3) is 0 Å². The highest BCUT2D eigenvalue weighted by molar-refractivity contribution is 6.18. The number of rotatable bonds is 4. The largest absolute Gasteiger partial charge is 0.257 e. The maximum atomic E-state index is 4.91. The molecule has 0 saturated heterocycles. The molecule has 184 valence electrons. The molecule has 1 heteroatoms. The van der Waals surface area contributed by atoms with E-state index in [-0.39, 0.29) is 5.92 Å². The molecule has 0 fully saturated rings. The Morgan fingerprint density at radius 1 is 0.513 bits per heavy atom. The average Bonchev–Trinajstić information content (AvgIpc) is 3.55. The Balaban J connectivity index is 1.13. The van der Waals surface area contributed by atoms with Gasteiger partial charge in [-0.2, -0.15) is 0 Å². The van der Waals surface area contributed by atoms with Crippen LogP contribution in [0.4, 0.5) is 5.69 Å². The molecule has 0 aromatic heterocycles. The van der Waals surface area contributed by atoms with Crippen molar-refractivity contribution in [3.05, 3.63) is 139 Å². The van der Waals surface area contributed by atoms with Crippen molar-refractivity contribution < 1.29 is 0 Å². The third-order valence-corrected chi connectivity index (χ3v) is 8.53. The lowest BCUT2D eigenvalue weighted by molar-refractivity contribution is 1.07. The average molecular weight is 498 g/mol. The molecule has 6 aromatic rings. The predicted molar refractivity (Wildman–Crippen MR) is 165 cm³/mol. The van der Waals surface area contributed by atoms with E-state index < -0.39 is 0 Å². The van der Waals surface area contributed by atoms with Crippen LogP contribution >= 0.6 is 0 Å². The molecule has 1 atom stereocenters. The van der Waals surface area contributed by atoms with Gasteiger partial charge in [-0.15, -0.1) is 0 Å². The quantitative estimate of drug-likeness (QED) is 0.229. The summed E-state index contributed by atoms with van der Waals surface area (Å²) in [5, 5.41) is 2.70. The van der Waals surface area contributed by atoms with Crippen LogP contribution in [0.3, 0.4) is 0 Å². The van der Waals surface area contributed by atoms with Crippen LogP contribution in [-0.4, -0.2) is 5.71 Å². The predicted octanol–water partition coefficient (Wildman–Crippen LogP) is 10.4. The van der Waals surface area contributed by atoms with Crippen LogP contribution in [0, 0.1) is 0 Å². The fourth-order valence-corrected chi connectivity index (χ4v) is 6.66. The Morgan fingerprint density at radius 2 is 1.10 bits per heavy atom. The Kier molecular flexibility index (Phi) is 4.93. The molecule has 0 N–H and O–H groups in total. The van der Waals surface area contributed by atoms with E-state index in [9.17, 15) is 0 Å². The summed E-state index contributed by atoms with van der Waals surface area (Å²) in [5.41, 5.74) is 15.4. The molecule has 0 saturated carbocycles. The van der Waals surface area contributed by atoms with E-state index in [1.54, 1.807) is 0 Å². The van der Waals surface area contributed by atoms with E-state index in [0.717, 1.165) is 12.1 Å². The molecular weight excluding hydrogens is 470 g/mol. The number of hydrogen-bond acceptors (Lipinski definition) is 1. The Labute approximate surface area is 229 Å². The maximum Gasteiger partial charge on any atom is 0.0671 e. The minimum Gasteiger partial charge on any atom is -0.257 e. The van der Waals surface area contributed by atoms with Crippen LogP contribution in [0.1, 0.15) is 30.4 Å². The zero-order valence-electron chi connectivity index (χ0n) is 21.9. The van der Waals surface area contributed by atoms with Crippen LogP contribution in [0.15, 0.2) is 132 Å². The second-order valence-electron chi connectivity index (χ2n) is 10.6. The van der Waals surface area contributed by atoms with Crippen molar-refractivity contribution in [3.8, 4) is 44.5 Å². The molecule has 1 heterocycles. The highest BCUT2D eigenvalue weighted by Crippen LogP contribution is 2.49. The summed E-state index contributed by atoms with van der Waals surface area (Å²) in [7, 11) is 0. The van der Waals surface area contributed by atoms with E-state index in [1.165, 1.54) is 72.1 Å². The van der Waals surface area contributed by atoms with E-state index >= 15 is 0 Å². The van der Waals surface area contributed by atoms with E-state index in [4.69, 9.17) is 4.99 Å². The van der Waals surface area contributed by atoms with Crippen molar-refractivity contribution in [2.75, 3.05) is 0 Å². The number of benzene rings is 6. The summed E-state index contributed by atoms with van der Waals surface area (Å²) < 4.78 is 0. The molecule has 0 amide bonds. The summed E-state index contributed by atoms with van der Waals surface area (Å²) in [4.78, 5) is 4.91. The van der Waals surface area contributed by atoms with Crippen molar-refractivity contribution in [2.24, 2.45) is 4.99 Å². The third-order valence-electron chi connectivity index (χ3n) is 8.53. The smallest absolute Gasteiger partial charge is 0.0671 e. The first-order valence-electron chi connectivity index (χ1n) is 13.8. The fraction of sp³-hybridized carbons (Fsp3) is 0.0789. The second kappa shape index (κ2) is 8.64. The van der Waals surface area contributed by atoms with Crippen LogP contribution in [0.5, 0.6) is 0 Å². The summed E-state index contributed by atoms with van der Waals surface area (Å²) in [6, 6.07) is 46.7. The molecule has 1 nitrogen and oxygen atoms in total. The molecule has 0 radical (unpaired) electrons. The minimum absolute atomic E-state index is 0.262. The SMILES string of the molecule is CCC1=Nc2ccccc2C1c1ccc(-c2ccc(-c3ccc4c5c(cccc35)-c3ccccc3-4)cc2)cc1. The number of fused-ring (bicyclic) bond motifs is 4. The molecule has 1 aliphatic carbocycles. The highest BCUT2D eigenvalue weighted by Gasteiger charge is 2.27. The van der Waals surface area contributed by atoms with Gasteiger partial charge in [0, 0.05) is 11.6 Å². The lowest BCUT2D eigenvalue weighted by atomic mass is 9.87. The van der Waals surface area contributed by atoms with Crippen molar-refractivity contribution >= 4 is 22.2 Å². The summed E-state index contributed by atoms with van der Waals surface area (Å²) in [6.45, 7) is 2.20. The third kappa shape index (κ3) is 3.36. The van der Waals surface area contributed by atoms with Gasteiger partial charge in [0.1, 0.15) is 0 Å². The van der Waals surface area contributed by atoms with Crippen LogP contribution in [-0.2, 0) is 0 Å². The van der Waals surface area contributed by atoms with Gasteiger partial charge in [-0.3, -0.25) is 4.99 Å². The van der Waals surface area contributed by atoms with Gasteiger partial charge in [0.2, 0.25) is 0 Å². The van der Waals surface area contributed by atoms with Crippen molar-refractivity contribution in [1.82, 2.24) is 0 Å². The molecular formula is C38H27N. The van der Waals surface area contributed by atoms with Gasteiger partial charge in [0.05, 0.1) is 5.69 Å². The monoisotopic (exact) mass is 497 g/mol. The zero-order chi connectivity index (χ0) is 25.9. The molecule has 39 heavy (non-hydrogen) atoms. The molecule has 6 aromatic carbocycles. The fourth-order valence-electron chi connectivity index (χ4n) is 6.66. The Bertz CT molecular complexity index is 1890. The molecule has 2 aliphatic rings. The van der Waals surface area contributed by atoms with Gasteiger partial charge in [-0.25, -0.2) is 0 Å². The zero-order valence-corrected chi connectivity index (χ0v) is 21.9. The van der Waals surface area contributed by atoms with Crippen molar-refractivity contribution in [1.29, 1.82) is 0 Å². The van der Waals surface area contributed by atoms with Gasteiger partial charge >= 0.3 is 0 Å². The van der Waals surface area contributed by atoms with Crippen LogP contribution in [0.25, 0.3) is 55.3 Å². The maximum absolute atomic E-state index is 4.91. The summed E-state index contributed by atoms with van der Waals surface area (Å²) >= 11 is 0. The minimum atomic E-state index is 0.262. The van der Waals surface area contributed by atoms with E-state index in [0.29, 0.717) is 0 Å². The first-order chi connectivity index (χ1) is 19.3. The number of aliphatic imine (C=N–C) groups is 1. The Hall–Kier alpha value is -4.75. The van der Waals surface area contributed by atoms with Gasteiger partial charge in [-0.05, 0) is 78.9 Å². The first-order valence-corrected chi connectivity index (χ1v) is 13.8. The lowest BCUT2D eigenvalue weighted by Crippen LogP contribution is -2.08. The lowest BCUT2D eigenvalue weighted by Gasteiger charge is -2.15. The number of para-hydroxylation sites is 1. The summed E-state index contributed by atoms with van der Waals surface area (Å²) in [6.07, 6.45) is 0.964. The number of nitrogens with zero attached hydrogens (tertiary/aromatic N) is 1. The normalized spacial score (nSPS) is 14.8. The van der Waals surface area contributed by atoms with Gasteiger partial charge in [-0.1, -0.05) is 128 Å². The van der Waals surface area contributed by atoms with Crippen LogP contribution in [0.2, 0.25) is 0 Å². The van der Waals surface area contributed by atoms with Crippen molar-refractivity contribution in [3.63, 3.8) is 0 Å². The molecule has 1 unspecified atom stereocenters. The topological polar surface area (TPSA) is 12.4 Å². The van der Waals surface area contributed by atoms with E-state index in [1.807, 2.05) is 0 Å². The number of hydrogen-bond donors (Lipinski definition) is 0. The van der Waals surface area contributed by atoms with E-state index in [2.05, 4.69) is 134 Å². The van der Waals surface area contributed by atoms with Crippen LogP contribution < -0.4 is 0 Å². The Morgan fingerprint density at radius 3 is 1.85 bits per heavy atom.